The molecule has 0 atom stereocenters. The maximum absolute atomic E-state index is 16.9. The molecule has 0 spiro atoms. The minimum Gasteiger partial charge on any atom is -0.342 e. The maximum Gasteiger partial charge on any atom is 0.420 e. The van der Waals surface area contributed by atoms with E-state index in [0.29, 0.717) is 33.2 Å². The summed E-state index contributed by atoms with van der Waals surface area (Å²) in [6, 6.07) is 51.6. The Balaban J connectivity index is 1.35. The highest BCUT2D eigenvalue weighted by Crippen LogP contribution is 2.49. The van der Waals surface area contributed by atoms with Crippen LogP contribution >= 0.6 is 0 Å². The molecule has 0 unspecified atom stereocenters. The maximum atomic E-state index is 16.9. The average molecular weight is 809 g/mol. The van der Waals surface area contributed by atoms with Crippen LogP contribution in [0.1, 0.15) is 16.7 Å². The third kappa shape index (κ3) is 4.73. The number of alkyl halides is 3. The van der Waals surface area contributed by atoms with Crippen molar-refractivity contribution in [3.05, 3.63) is 168 Å². The normalized spacial score (nSPS) is 12.2. The van der Waals surface area contributed by atoms with Gasteiger partial charge >= 0.3 is 6.18 Å². The molecule has 0 aliphatic carbocycles. The molecular formula is C53H31F3N6. The Hall–Kier alpha value is -8.27. The summed E-state index contributed by atoms with van der Waals surface area (Å²) in [5.74, 6) is 0. The monoisotopic (exact) mass is 808 g/mol. The number of benzene rings is 8. The van der Waals surface area contributed by atoms with Gasteiger partial charge in [-0.3, -0.25) is 0 Å². The third-order valence-corrected chi connectivity index (χ3v) is 12.8. The summed E-state index contributed by atoms with van der Waals surface area (Å²) in [5.41, 5.74) is 6.34. The topological polar surface area (TPSA) is 67.3 Å². The molecule has 8 aromatic carbocycles. The Kier molecular flexibility index (Phi) is 7.26. The molecule has 0 bridgehead atoms. The van der Waals surface area contributed by atoms with E-state index >= 15 is 13.2 Å². The first-order chi connectivity index (χ1) is 30.2. The molecule has 0 amide bonds. The van der Waals surface area contributed by atoms with Gasteiger partial charge in [-0.05, 0) is 65.7 Å². The van der Waals surface area contributed by atoms with Crippen molar-refractivity contribution in [1.29, 1.82) is 10.5 Å². The Morgan fingerprint density at radius 2 is 0.742 bits per heavy atom. The van der Waals surface area contributed by atoms with Crippen LogP contribution in [0, 0.1) is 22.7 Å². The van der Waals surface area contributed by atoms with Gasteiger partial charge in [0, 0.05) is 68.2 Å². The second-order valence-corrected chi connectivity index (χ2v) is 16.0. The predicted molar refractivity (Wildman–Crippen MR) is 243 cm³/mol. The molecule has 9 heteroatoms. The molecule has 0 fully saturated rings. The van der Waals surface area contributed by atoms with Gasteiger partial charge in [0.25, 0.3) is 0 Å². The van der Waals surface area contributed by atoms with Crippen molar-refractivity contribution in [3.63, 3.8) is 0 Å². The lowest BCUT2D eigenvalue weighted by atomic mass is 9.96. The molecule has 0 saturated heterocycles. The standard InChI is InChI=1S/C53H31F3N6/c1-59-42-15-7-3-11-34(42)38-19-21-40-36-13-5-9-17-44(36)61(51(40)49(38)59)46-26-33(32-24-30(28-57)23-31(25-32)29-58)27-47(48(46)53(54,55)56)62-45-18-10-6-14-37(45)41-22-20-39-35-12-4-8-16-43(35)60(2)50(39)52(41)62/h3-27H,1-2H3. The highest BCUT2D eigenvalue weighted by molar-refractivity contribution is 6.25. The van der Waals surface area contributed by atoms with E-state index in [1.807, 2.05) is 123 Å². The summed E-state index contributed by atoms with van der Waals surface area (Å²) in [6.07, 6.45) is -4.88. The van der Waals surface area contributed by atoms with Crippen molar-refractivity contribution >= 4 is 87.2 Å². The van der Waals surface area contributed by atoms with E-state index in [-0.39, 0.29) is 22.5 Å². The summed E-state index contributed by atoms with van der Waals surface area (Å²) in [5, 5.41) is 27.3. The third-order valence-electron chi connectivity index (χ3n) is 12.8. The van der Waals surface area contributed by atoms with Crippen molar-refractivity contribution < 1.29 is 13.2 Å². The second-order valence-electron chi connectivity index (χ2n) is 16.0. The fourth-order valence-electron chi connectivity index (χ4n) is 10.3. The van der Waals surface area contributed by atoms with E-state index in [1.165, 1.54) is 6.07 Å². The number of halogens is 3. The number of hydrogen-bond acceptors (Lipinski definition) is 2. The summed E-state index contributed by atoms with van der Waals surface area (Å²) >= 11 is 0. The van der Waals surface area contributed by atoms with E-state index in [0.717, 1.165) is 65.2 Å². The van der Waals surface area contributed by atoms with E-state index < -0.39 is 11.7 Å². The molecule has 62 heavy (non-hydrogen) atoms. The van der Waals surface area contributed by atoms with E-state index in [4.69, 9.17) is 0 Å². The van der Waals surface area contributed by atoms with Crippen molar-refractivity contribution in [2.45, 2.75) is 6.18 Å². The Morgan fingerprint density at radius 3 is 1.13 bits per heavy atom. The Bertz CT molecular complexity index is 3780. The van der Waals surface area contributed by atoms with E-state index in [2.05, 4.69) is 33.4 Å². The number of para-hydroxylation sites is 4. The molecule has 0 radical (unpaired) electrons. The highest BCUT2D eigenvalue weighted by atomic mass is 19.4. The van der Waals surface area contributed by atoms with Gasteiger partial charge < -0.3 is 18.3 Å². The summed E-state index contributed by atoms with van der Waals surface area (Å²) in [6.45, 7) is 0. The van der Waals surface area contributed by atoms with Crippen LogP contribution in [0.25, 0.3) is 110 Å². The second kappa shape index (κ2) is 12.6. The van der Waals surface area contributed by atoms with Gasteiger partial charge in [-0.1, -0.05) is 97.1 Å². The van der Waals surface area contributed by atoms with Crippen LogP contribution in [0.5, 0.6) is 0 Å². The number of aryl methyl sites for hydroxylation is 2. The van der Waals surface area contributed by atoms with Crippen molar-refractivity contribution in [1.82, 2.24) is 18.3 Å². The lowest BCUT2D eigenvalue weighted by molar-refractivity contribution is -0.137. The van der Waals surface area contributed by atoms with E-state index in [1.54, 1.807) is 33.4 Å². The fourth-order valence-corrected chi connectivity index (χ4v) is 10.3. The van der Waals surface area contributed by atoms with Crippen molar-refractivity contribution in [2.24, 2.45) is 14.1 Å². The molecule has 0 saturated carbocycles. The fraction of sp³-hybridized carbons (Fsp3) is 0.0566. The Labute approximate surface area is 351 Å². The smallest absolute Gasteiger partial charge is 0.342 e. The molecule has 0 aliphatic rings. The first kappa shape index (κ1) is 35.7. The molecule has 4 aromatic heterocycles. The van der Waals surface area contributed by atoms with Crippen LogP contribution in [-0.2, 0) is 20.3 Å². The van der Waals surface area contributed by atoms with Crippen LogP contribution in [0.2, 0.25) is 0 Å². The summed E-state index contributed by atoms with van der Waals surface area (Å²) < 4.78 is 58.3. The zero-order valence-corrected chi connectivity index (χ0v) is 33.3. The number of aromatic nitrogens is 4. The molecular weight excluding hydrogens is 778 g/mol. The van der Waals surface area contributed by atoms with Gasteiger partial charge in [-0.15, -0.1) is 0 Å². The number of fused-ring (bicyclic) bond motifs is 14. The van der Waals surface area contributed by atoms with Crippen LogP contribution in [0.15, 0.2) is 152 Å². The van der Waals surface area contributed by atoms with Crippen LogP contribution in [0.4, 0.5) is 13.2 Å². The predicted octanol–water partition coefficient (Wildman–Crippen LogP) is 13.6. The average Bonchev–Trinajstić information content (AvgIpc) is 4.00. The molecule has 4 heterocycles. The molecule has 12 aromatic rings. The van der Waals surface area contributed by atoms with Gasteiger partial charge in [0.1, 0.15) is 5.56 Å². The molecule has 0 aliphatic heterocycles. The largest absolute Gasteiger partial charge is 0.420 e. The van der Waals surface area contributed by atoms with Crippen LogP contribution in [-0.4, -0.2) is 18.3 Å². The molecule has 0 N–H and O–H groups in total. The van der Waals surface area contributed by atoms with Crippen molar-refractivity contribution in [2.75, 3.05) is 0 Å². The minimum atomic E-state index is -4.88. The highest BCUT2D eigenvalue weighted by Gasteiger charge is 2.40. The quantitative estimate of drug-likeness (QED) is 0.178. The van der Waals surface area contributed by atoms with Gasteiger partial charge in [0.2, 0.25) is 0 Å². The number of rotatable bonds is 3. The lowest BCUT2D eigenvalue weighted by Gasteiger charge is -2.23. The number of nitrogens with zero attached hydrogens (tertiary/aromatic N) is 6. The lowest BCUT2D eigenvalue weighted by Crippen LogP contribution is -2.16. The molecule has 6 nitrogen and oxygen atoms in total. The molecule has 12 rings (SSSR count). The summed E-state index contributed by atoms with van der Waals surface area (Å²) in [7, 11) is 3.92. The first-order valence-corrected chi connectivity index (χ1v) is 20.2. The van der Waals surface area contributed by atoms with Gasteiger partial charge in [-0.2, -0.15) is 23.7 Å². The van der Waals surface area contributed by atoms with Crippen LogP contribution < -0.4 is 0 Å². The number of nitriles is 2. The van der Waals surface area contributed by atoms with Gasteiger partial charge in [0.15, 0.2) is 0 Å². The minimum absolute atomic E-state index is 0.0787. The zero-order valence-electron chi connectivity index (χ0n) is 33.3. The van der Waals surface area contributed by atoms with Crippen molar-refractivity contribution in [3.8, 4) is 34.6 Å². The van der Waals surface area contributed by atoms with Crippen LogP contribution in [0.3, 0.4) is 0 Å². The number of hydrogen-bond donors (Lipinski definition) is 0. The summed E-state index contributed by atoms with van der Waals surface area (Å²) in [4.78, 5) is 0. The molecule has 294 valence electrons. The van der Waals surface area contributed by atoms with E-state index in [9.17, 15) is 10.5 Å². The van der Waals surface area contributed by atoms with Gasteiger partial charge in [-0.25, -0.2) is 0 Å². The first-order valence-electron chi connectivity index (χ1n) is 20.2. The zero-order chi connectivity index (χ0) is 42.2. The van der Waals surface area contributed by atoms with Gasteiger partial charge in [0.05, 0.1) is 67.7 Å². The Morgan fingerprint density at radius 1 is 0.403 bits per heavy atom. The SMILES string of the molecule is Cn1c2ccccc2c2ccc3c4ccccc4n(-c4cc(-c5cc(C#N)cc(C#N)c5)cc(-n5c6ccccc6c6ccc7c8ccccc8n(C)c7c65)c4C(F)(F)F)c3c21.